The molecular weight excluding hydrogens is 286 g/mol. The third kappa shape index (κ3) is 2.72. The Morgan fingerprint density at radius 2 is 0.667 bits per heavy atom. The summed E-state index contributed by atoms with van der Waals surface area (Å²) in [6, 6.07) is 0. The zero-order valence-corrected chi connectivity index (χ0v) is 8.78. The maximum Gasteiger partial charge on any atom is 0.457 e. The van der Waals surface area contributed by atoms with Crippen molar-refractivity contribution in [1.82, 2.24) is 0 Å². The summed E-state index contributed by atoms with van der Waals surface area (Å²) in [6.07, 6.45) is -12.5. The smallest absolute Gasteiger partial charge is 0.191 e. The molecule has 0 radical (unpaired) electrons. The lowest BCUT2D eigenvalue weighted by Gasteiger charge is -2.26. The van der Waals surface area contributed by atoms with Crippen LogP contribution in [-0.4, -0.2) is 24.2 Å². The molecule has 0 amide bonds. The monoisotopic (exact) mass is 292 g/mol. The van der Waals surface area contributed by atoms with Gasteiger partial charge in [0.25, 0.3) is 0 Å². The highest BCUT2D eigenvalue weighted by atomic mass is 19.4. The summed E-state index contributed by atoms with van der Waals surface area (Å²) >= 11 is 0. The van der Waals surface area contributed by atoms with Crippen LogP contribution in [0.3, 0.4) is 0 Å². The number of hydrogen-bond donors (Lipinski definition) is 0. The average molecular weight is 292 g/mol. The number of halogens is 10. The van der Waals surface area contributed by atoms with Gasteiger partial charge in [-0.25, -0.2) is 0 Å². The Labute approximate surface area is 94.3 Å². The molecule has 0 fully saturated rings. The van der Waals surface area contributed by atoms with Gasteiger partial charge in [0.1, 0.15) is 0 Å². The first-order valence-corrected chi connectivity index (χ1v) is 4.14. The Morgan fingerprint density at radius 3 is 0.778 bits per heavy atom. The van der Waals surface area contributed by atoms with Crippen LogP contribution in [0, 0.1) is 0 Å². The normalized spacial score (nSPS) is 16.7. The first-order chi connectivity index (χ1) is 7.57. The zero-order valence-electron chi connectivity index (χ0n) is 8.78. The van der Waals surface area contributed by atoms with Crippen LogP contribution in [0.2, 0.25) is 0 Å². The van der Waals surface area contributed by atoms with Gasteiger partial charge < -0.3 is 0 Å². The number of alkyl halides is 10. The summed E-state index contributed by atoms with van der Waals surface area (Å²) in [6.45, 7) is -0.245. The Balaban J connectivity index is 5.81. The van der Waals surface area contributed by atoms with E-state index in [9.17, 15) is 43.9 Å². The molecule has 0 unspecified atom stereocenters. The standard InChI is InChI=1S/C8H6F10/c1-3(5(9,10)7(13,14)15)4(2)6(11,12)8(16,17)18/h1-2H3. The van der Waals surface area contributed by atoms with Crippen molar-refractivity contribution < 1.29 is 43.9 Å². The van der Waals surface area contributed by atoms with E-state index in [2.05, 4.69) is 0 Å². The van der Waals surface area contributed by atoms with Gasteiger partial charge in [-0.2, -0.15) is 43.9 Å². The van der Waals surface area contributed by atoms with E-state index in [1.807, 2.05) is 0 Å². The number of rotatable bonds is 2. The van der Waals surface area contributed by atoms with Gasteiger partial charge >= 0.3 is 24.2 Å². The highest BCUT2D eigenvalue weighted by Gasteiger charge is 2.64. The van der Waals surface area contributed by atoms with Gasteiger partial charge in [-0.05, 0) is 13.8 Å². The first kappa shape index (κ1) is 17.0. The predicted octanol–water partition coefficient (Wildman–Crippen LogP) is 4.72. The molecule has 0 aromatic carbocycles. The van der Waals surface area contributed by atoms with E-state index in [4.69, 9.17) is 0 Å². The van der Waals surface area contributed by atoms with E-state index in [1.54, 1.807) is 0 Å². The van der Waals surface area contributed by atoms with Crippen LogP contribution < -0.4 is 0 Å². The molecule has 0 spiro atoms. The van der Waals surface area contributed by atoms with E-state index in [0.717, 1.165) is 0 Å². The van der Waals surface area contributed by atoms with E-state index in [0.29, 0.717) is 0 Å². The number of hydrogen-bond acceptors (Lipinski definition) is 0. The van der Waals surface area contributed by atoms with E-state index in [-0.39, 0.29) is 13.8 Å². The molecule has 0 N–H and O–H groups in total. The second-order valence-electron chi connectivity index (χ2n) is 3.39. The molecule has 0 aliphatic carbocycles. The van der Waals surface area contributed by atoms with E-state index >= 15 is 0 Å². The molecule has 0 bridgehead atoms. The molecule has 0 aliphatic rings. The van der Waals surface area contributed by atoms with Gasteiger partial charge in [0.15, 0.2) is 0 Å². The summed E-state index contributed by atoms with van der Waals surface area (Å²) < 4.78 is 121. The first-order valence-electron chi connectivity index (χ1n) is 4.14. The van der Waals surface area contributed by atoms with Crippen LogP contribution in [-0.2, 0) is 0 Å². The van der Waals surface area contributed by atoms with Crippen LogP contribution in [0.4, 0.5) is 43.9 Å². The van der Waals surface area contributed by atoms with E-state index < -0.39 is 35.3 Å². The van der Waals surface area contributed by atoms with Crippen molar-refractivity contribution in [1.29, 1.82) is 0 Å². The minimum absolute atomic E-state index is 0.123. The lowest BCUT2D eigenvalue weighted by Crippen LogP contribution is -2.43. The molecular formula is C8H6F10. The summed E-state index contributed by atoms with van der Waals surface area (Å²) in [5.74, 6) is -11.5. The topological polar surface area (TPSA) is 0 Å². The van der Waals surface area contributed by atoms with Crippen molar-refractivity contribution in [3.8, 4) is 0 Å². The molecule has 0 atom stereocenters. The molecule has 10 heteroatoms. The van der Waals surface area contributed by atoms with Crippen molar-refractivity contribution in [2.75, 3.05) is 0 Å². The summed E-state index contributed by atoms with van der Waals surface area (Å²) in [4.78, 5) is 0. The van der Waals surface area contributed by atoms with Crippen LogP contribution in [0.15, 0.2) is 11.1 Å². The highest BCUT2D eigenvalue weighted by molar-refractivity contribution is 5.26. The molecule has 108 valence electrons. The maximum absolute atomic E-state index is 12.6. The molecule has 0 aromatic rings. The molecule has 18 heavy (non-hydrogen) atoms. The lowest BCUT2D eigenvalue weighted by atomic mass is 9.99. The Morgan fingerprint density at radius 1 is 0.500 bits per heavy atom. The lowest BCUT2D eigenvalue weighted by molar-refractivity contribution is -0.274. The van der Waals surface area contributed by atoms with Gasteiger partial charge in [0, 0.05) is 11.1 Å². The van der Waals surface area contributed by atoms with Crippen molar-refractivity contribution in [3.05, 3.63) is 11.1 Å². The third-order valence-electron chi connectivity index (χ3n) is 2.22. The largest absolute Gasteiger partial charge is 0.457 e. The molecule has 0 saturated heterocycles. The molecule has 0 saturated carbocycles. The molecule has 0 aromatic heterocycles. The van der Waals surface area contributed by atoms with Crippen molar-refractivity contribution in [2.45, 2.75) is 38.0 Å². The molecule has 0 aliphatic heterocycles. The zero-order chi connectivity index (χ0) is 15.2. The minimum atomic E-state index is -6.25. The van der Waals surface area contributed by atoms with Crippen LogP contribution >= 0.6 is 0 Å². The minimum Gasteiger partial charge on any atom is -0.191 e. The van der Waals surface area contributed by atoms with Gasteiger partial charge in [0.2, 0.25) is 0 Å². The molecule has 0 heterocycles. The van der Waals surface area contributed by atoms with Crippen molar-refractivity contribution >= 4 is 0 Å². The quantitative estimate of drug-likeness (QED) is 0.510. The fraction of sp³-hybridized carbons (Fsp3) is 0.750. The van der Waals surface area contributed by atoms with Gasteiger partial charge in [-0.15, -0.1) is 0 Å². The highest BCUT2D eigenvalue weighted by Crippen LogP contribution is 2.48. The van der Waals surface area contributed by atoms with Gasteiger partial charge in [0.05, 0.1) is 0 Å². The molecule has 0 rings (SSSR count). The van der Waals surface area contributed by atoms with Crippen molar-refractivity contribution in [2.24, 2.45) is 0 Å². The van der Waals surface area contributed by atoms with E-state index in [1.165, 1.54) is 0 Å². The van der Waals surface area contributed by atoms with Crippen molar-refractivity contribution in [3.63, 3.8) is 0 Å². The van der Waals surface area contributed by atoms with Crippen LogP contribution in [0.1, 0.15) is 13.8 Å². The van der Waals surface area contributed by atoms with Crippen LogP contribution in [0.5, 0.6) is 0 Å². The Kier molecular flexibility index (Phi) is 4.07. The van der Waals surface area contributed by atoms with Gasteiger partial charge in [-0.1, -0.05) is 0 Å². The Hall–Kier alpha value is -0.960. The van der Waals surface area contributed by atoms with Gasteiger partial charge in [-0.3, -0.25) is 0 Å². The Bertz CT molecular complexity index is 308. The second-order valence-corrected chi connectivity index (χ2v) is 3.39. The maximum atomic E-state index is 12.6. The SMILES string of the molecule is CC(=C(C)C(F)(F)C(F)(F)F)C(F)(F)C(F)(F)F. The third-order valence-corrected chi connectivity index (χ3v) is 2.22. The summed E-state index contributed by atoms with van der Waals surface area (Å²) in [5.41, 5.74) is -4.75. The summed E-state index contributed by atoms with van der Waals surface area (Å²) in [7, 11) is 0. The predicted molar refractivity (Wildman–Crippen MR) is 40.4 cm³/mol. The fourth-order valence-corrected chi connectivity index (χ4v) is 0.896. The molecule has 0 nitrogen and oxygen atoms in total. The summed E-state index contributed by atoms with van der Waals surface area (Å²) in [5, 5.41) is 0. The fourth-order valence-electron chi connectivity index (χ4n) is 0.896. The van der Waals surface area contributed by atoms with Crippen LogP contribution in [0.25, 0.3) is 0 Å². The average Bonchev–Trinajstić information content (AvgIpc) is 2.11. The number of allylic oxidation sites excluding steroid dienone is 2. The second kappa shape index (κ2) is 4.30.